The molecule has 3 rings (SSSR count). The van der Waals surface area contributed by atoms with Crippen LogP contribution in [0.4, 0.5) is 5.69 Å². The number of anilines is 1. The van der Waals surface area contributed by atoms with Gasteiger partial charge in [0.15, 0.2) is 5.76 Å². The molecule has 0 saturated carbocycles. The summed E-state index contributed by atoms with van der Waals surface area (Å²) in [5.74, 6) is 0.644. The first kappa shape index (κ1) is 25.9. The zero-order valence-electron chi connectivity index (χ0n) is 20.5. The summed E-state index contributed by atoms with van der Waals surface area (Å²) in [5, 5.41) is 2.86. The van der Waals surface area contributed by atoms with E-state index < -0.39 is 16.1 Å². The summed E-state index contributed by atoms with van der Waals surface area (Å²) in [6, 6.07) is 7.94. The average molecular weight is 491 g/mol. The van der Waals surface area contributed by atoms with E-state index in [1.54, 1.807) is 56.9 Å². The minimum atomic E-state index is -3.64. The molecule has 0 radical (unpaired) electrons. The summed E-state index contributed by atoms with van der Waals surface area (Å²) in [6.07, 6.45) is 0. The molecule has 2 heterocycles. The second-order valence-electron chi connectivity index (χ2n) is 8.47. The van der Waals surface area contributed by atoms with E-state index in [1.807, 2.05) is 11.8 Å². The average Bonchev–Trinajstić information content (AvgIpc) is 3.26. The fourth-order valence-corrected chi connectivity index (χ4v) is 5.80. The number of amides is 2. The first-order valence-electron chi connectivity index (χ1n) is 11.6. The number of carbonyl (C=O) groups is 2. The Morgan fingerprint density at radius 3 is 2.26 bits per heavy atom. The largest absolute Gasteiger partial charge is 0.456 e. The molecule has 1 unspecified atom stereocenters. The molecule has 2 aromatic rings. The molecule has 1 aromatic carbocycles. The quantitative estimate of drug-likeness (QED) is 0.610. The van der Waals surface area contributed by atoms with Crippen molar-refractivity contribution in [2.75, 3.05) is 44.6 Å². The van der Waals surface area contributed by atoms with Crippen LogP contribution in [0.3, 0.4) is 0 Å². The van der Waals surface area contributed by atoms with Gasteiger partial charge in [-0.1, -0.05) is 19.9 Å². The van der Waals surface area contributed by atoms with E-state index >= 15 is 0 Å². The molecule has 2 amide bonds. The molecule has 1 aliphatic rings. The predicted octanol–water partition coefficient (Wildman–Crippen LogP) is 2.71. The SMILES string of the molecule is CCN(CC)S(=O)(=O)c1cc(NC(=O)C(C)N2CCN(C(=O)c3ccc(C)o3)CC2)ccc1C. The highest BCUT2D eigenvalue weighted by molar-refractivity contribution is 7.89. The smallest absolute Gasteiger partial charge is 0.289 e. The first-order chi connectivity index (χ1) is 16.1. The zero-order valence-corrected chi connectivity index (χ0v) is 21.3. The molecule has 0 bridgehead atoms. The number of nitrogens with zero attached hydrogens (tertiary/aromatic N) is 3. The Morgan fingerprint density at radius 2 is 1.71 bits per heavy atom. The molecule has 1 aliphatic heterocycles. The van der Waals surface area contributed by atoms with Crippen molar-refractivity contribution in [1.82, 2.24) is 14.1 Å². The molecule has 10 heteroatoms. The van der Waals surface area contributed by atoms with Crippen molar-refractivity contribution in [3.05, 3.63) is 47.4 Å². The van der Waals surface area contributed by atoms with Crippen molar-refractivity contribution in [2.45, 2.75) is 45.6 Å². The van der Waals surface area contributed by atoms with Crippen LogP contribution in [0.25, 0.3) is 0 Å². The minimum Gasteiger partial charge on any atom is -0.456 e. The summed E-state index contributed by atoms with van der Waals surface area (Å²) < 4.78 is 32.8. The van der Waals surface area contributed by atoms with Gasteiger partial charge in [-0.2, -0.15) is 4.31 Å². The topological polar surface area (TPSA) is 103 Å². The van der Waals surface area contributed by atoms with E-state index in [4.69, 9.17) is 4.42 Å². The van der Waals surface area contributed by atoms with Crippen molar-refractivity contribution < 1.29 is 22.4 Å². The van der Waals surface area contributed by atoms with Gasteiger partial charge < -0.3 is 14.6 Å². The van der Waals surface area contributed by atoms with Gasteiger partial charge in [0, 0.05) is 45.0 Å². The highest BCUT2D eigenvalue weighted by atomic mass is 32.2. The van der Waals surface area contributed by atoms with Crippen molar-refractivity contribution in [3.8, 4) is 0 Å². The van der Waals surface area contributed by atoms with Crippen LogP contribution in [0, 0.1) is 13.8 Å². The van der Waals surface area contributed by atoms with Crippen molar-refractivity contribution >= 4 is 27.5 Å². The van der Waals surface area contributed by atoms with Crippen LogP contribution in [-0.4, -0.2) is 79.6 Å². The lowest BCUT2D eigenvalue weighted by atomic mass is 10.2. The Kier molecular flexibility index (Phi) is 8.17. The lowest BCUT2D eigenvalue weighted by Gasteiger charge is -2.37. The Hall–Kier alpha value is -2.69. The van der Waals surface area contributed by atoms with Gasteiger partial charge in [0.25, 0.3) is 5.91 Å². The van der Waals surface area contributed by atoms with Gasteiger partial charge in [0.2, 0.25) is 15.9 Å². The van der Waals surface area contributed by atoms with Crippen LogP contribution in [0.1, 0.15) is 42.6 Å². The number of piperazine rings is 1. The summed E-state index contributed by atoms with van der Waals surface area (Å²) in [4.78, 5) is 29.4. The number of rotatable bonds is 8. The van der Waals surface area contributed by atoms with Crippen molar-refractivity contribution in [3.63, 3.8) is 0 Å². The molecule has 1 atom stereocenters. The number of carbonyl (C=O) groups excluding carboxylic acids is 2. The summed E-state index contributed by atoms with van der Waals surface area (Å²) >= 11 is 0. The van der Waals surface area contributed by atoms with Gasteiger partial charge in [-0.25, -0.2) is 8.42 Å². The maximum atomic E-state index is 13.0. The van der Waals surface area contributed by atoms with Crippen LogP contribution in [-0.2, 0) is 14.8 Å². The maximum Gasteiger partial charge on any atom is 0.289 e. The summed E-state index contributed by atoms with van der Waals surface area (Å²) in [6.45, 7) is 11.8. The minimum absolute atomic E-state index is 0.147. The number of furan rings is 1. The zero-order chi connectivity index (χ0) is 25.0. The Bertz CT molecular complexity index is 1130. The molecule has 186 valence electrons. The Morgan fingerprint density at radius 1 is 1.06 bits per heavy atom. The molecule has 1 aromatic heterocycles. The Labute approximate surface area is 201 Å². The third-order valence-corrected chi connectivity index (χ3v) is 8.45. The predicted molar refractivity (Wildman–Crippen MR) is 130 cm³/mol. The van der Waals surface area contributed by atoms with Gasteiger partial charge >= 0.3 is 0 Å². The highest BCUT2D eigenvalue weighted by Crippen LogP contribution is 2.24. The maximum absolute atomic E-state index is 13.0. The standard InChI is InChI=1S/C24H34N4O5S/c1-6-28(7-2)34(31,32)22-16-20(10-8-17(22)3)25-23(29)19(5)26-12-14-27(15-13-26)24(30)21-11-9-18(4)33-21/h8-11,16,19H,6-7,12-15H2,1-5H3,(H,25,29). The molecule has 1 saturated heterocycles. The second kappa shape index (κ2) is 10.7. The first-order valence-corrected chi connectivity index (χ1v) is 13.0. The molecular formula is C24H34N4O5S. The monoisotopic (exact) mass is 490 g/mol. The lowest BCUT2D eigenvalue weighted by Crippen LogP contribution is -2.54. The molecule has 1 N–H and O–H groups in total. The van der Waals surface area contributed by atoms with E-state index in [-0.39, 0.29) is 16.7 Å². The summed E-state index contributed by atoms with van der Waals surface area (Å²) in [7, 11) is -3.64. The Balaban J connectivity index is 1.63. The van der Waals surface area contributed by atoms with Gasteiger partial charge in [-0.3, -0.25) is 14.5 Å². The number of sulfonamides is 1. The van der Waals surface area contributed by atoms with Gasteiger partial charge in [-0.15, -0.1) is 0 Å². The second-order valence-corrected chi connectivity index (χ2v) is 10.4. The molecule has 0 spiro atoms. The number of benzene rings is 1. The number of aryl methyl sites for hydroxylation is 2. The molecular weight excluding hydrogens is 456 g/mol. The van der Waals surface area contributed by atoms with E-state index in [0.29, 0.717) is 62.0 Å². The molecule has 34 heavy (non-hydrogen) atoms. The fourth-order valence-electron chi connectivity index (χ4n) is 4.09. The third-order valence-electron chi connectivity index (χ3n) is 6.26. The van der Waals surface area contributed by atoms with Crippen LogP contribution < -0.4 is 5.32 Å². The normalized spacial score (nSPS) is 16.0. The number of hydrogen-bond acceptors (Lipinski definition) is 6. The van der Waals surface area contributed by atoms with E-state index in [2.05, 4.69) is 5.32 Å². The third kappa shape index (κ3) is 5.51. The van der Waals surface area contributed by atoms with Gasteiger partial charge in [0.05, 0.1) is 10.9 Å². The van der Waals surface area contributed by atoms with Crippen LogP contribution in [0.15, 0.2) is 39.6 Å². The van der Waals surface area contributed by atoms with Crippen molar-refractivity contribution in [1.29, 1.82) is 0 Å². The molecule has 9 nitrogen and oxygen atoms in total. The van der Waals surface area contributed by atoms with Crippen LogP contribution in [0.2, 0.25) is 0 Å². The lowest BCUT2D eigenvalue weighted by molar-refractivity contribution is -0.121. The fraction of sp³-hybridized carbons (Fsp3) is 0.500. The van der Waals surface area contributed by atoms with Crippen molar-refractivity contribution in [2.24, 2.45) is 0 Å². The molecule has 1 fully saturated rings. The van der Waals surface area contributed by atoms with E-state index in [9.17, 15) is 18.0 Å². The number of nitrogens with one attached hydrogen (secondary N) is 1. The van der Waals surface area contributed by atoms with Crippen LogP contribution >= 0.6 is 0 Å². The number of hydrogen-bond donors (Lipinski definition) is 1. The van der Waals surface area contributed by atoms with Gasteiger partial charge in [-0.05, 0) is 50.6 Å². The highest BCUT2D eigenvalue weighted by Gasteiger charge is 2.29. The van der Waals surface area contributed by atoms with E-state index in [1.165, 1.54) is 10.4 Å². The van der Waals surface area contributed by atoms with Gasteiger partial charge in [0.1, 0.15) is 5.76 Å². The summed E-state index contributed by atoms with van der Waals surface area (Å²) in [5.41, 5.74) is 1.07. The van der Waals surface area contributed by atoms with E-state index in [0.717, 1.165) is 0 Å². The van der Waals surface area contributed by atoms with Crippen LogP contribution in [0.5, 0.6) is 0 Å². The molecule has 0 aliphatic carbocycles.